The van der Waals surface area contributed by atoms with Gasteiger partial charge in [0.2, 0.25) is 0 Å². The summed E-state index contributed by atoms with van der Waals surface area (Å²) in [6.07, 6.45) is 0.207. The Morgan fingerprint density at radius 1 is 1.19 bits per heavy atom. The van der Waals surface area contributed by atoms with E-state index in [1.54, 1.807) is 0 Å². The largest absolute Gasteiger partial charge is 2.00 e. The molecule has 1 fully saturated rings. The minimum absolute atomic E-state index is 0. The molecule has 1 aliphatic heterocycles. The molecule has 0 bridgehead atoms. The van der Waals surface area contributed by atoms with Gasteiger partial charge in [0, 0.05) is 11.6 Å². The zero-order chi connectivity index (χ0) is 9.97. The van der Waals surface area contributed by atoms with E-state index in [1.165, 1.54) is 0 Å². The van der Waals surface area contributed by atoms with Gasteiger partial charge in [-0.2, -0.15) is 6.07 Å². The van der Waals surface area contributed by atoms with Crippen LogP contribution in [0.15, 0.2) is 12.1 Å². The van der Waals surface area contributed by atoms with Crippen molar-refractivity contribution in [3.63, 3.8) is 0 Å². The second-order valence-corrected chi connectivity index (χ2v) is 3.01. The Morgan fingerprint density at radius 3 is 2.38 bits per heavy atom. The molecule has 1 heterocycles. The number of benzene rings is 1. The summed E-state index contributed by atoms with van der Waals surface area (Å²) in [5.41, 5.74) is 0.392. The monoisotopic (exact) mass is 302 g/mol. The first-order valence-electron chi connectivity index (χ1n) is 4.37. The summed E-state index contributed by atoms with van der Waals surface area (Å²) in [4.78, 5) is 0. The molecule has 0 saturated carbocycles. The third-order valence-corrected chi connectivity index (χ3v) is 1.96. The van der Waals surface area contributed by atoms with E-state index in [4.69, 9.17) is 9.47 Å². The van der Waals surface area contributed by atoms with Crippen LogP contribution in [0.25, 0.3) is 0 Å². The molecule has 6 heteroatoms. The Labute approximate surface area is 119 Å². The molecule has 1 aromatic carbocycles. The second kappa shape index (κ2) is 7.55. The molecule has 0 N–H and O–H groups in total. The second-order valence-electron chi connectivity index (χ2n) is 3.01. The Hall–Kier alpha value is 0.246. The number of hydrogen-bond donors (Lipinski definition) is 0. The summed E-state index contributed by atoms with van der Waals surface area (Å²) in [5, 5.41) is 0. The normalized spacial score (nSPS) is 16.1. The van der Waals surface area contributed by atoms with Gasteiger partial charge in [-0.15, -0.1) is 17.7 Å². The van der Waals surface area contributed by atoms with Gasteiger partial charge < -0.3 is 26.5 Å². The minimum atomic E-state index is -0.912. The van der Waals surface area contributed by atoms with E-state index < -0.39 is 17.9 Å². The van der Waals surface area contributed by atoms with Gasteiger partial charge in [0.05, 0.1) is 13.2 Å². The first-order chi connectivity index (χ1) is 6.77. The standard InChI is InChI=1S/C10H9F2O2.BrH.Mg/c11-8-3-2-7(6-9(8)12)10-13-4-1-5-14-10;;/h3,6,10H,1,4-5H2;1H;/q-1;;+2/p-1. The molecule has 1 aromatic rings. The summed E-state index contributed by atoms with van der Waals surface area (Å²) < 4.78 is 35.8. The van der Waals surface area contributed by atoms with E-state index in [1.807, 2.05) is 0 Å². The van der Waals surface area contributed by atoms with Gasteiger partial charge in [0.25, 0.3) is 0 Å². The Kier molecular flexibility index (Phi) is 7.66. The maximum atomic E-state index is 12.8. The van der Waals surface area contributed by atoms with E-state index >= 15 is 0 Å². The number of halogens is 3. The van der Waals surface area contributed by atoms with Crippen LogP contribution in [0.2, 0.25) is 0 Å². The molecule has 0 aromatic heterocycles. The van der Waals surface area contributed by atoms with E-state index in [0.29, 0.717) is 18.8 Å². The molecule has 16 heavy (non-hydrogen) atoms. The molecule has 2 rings (SSSR count). The molecule has 0 radical (unpaired) electrons. The Bertz CT molecular complexity index is 333. The minimum Gasteiger partial charge on any atom is -1.00 e. The molecule has 0 unspecified atom stereocenters. The van der Waals surface area contributed by atoms with Crippen molar-refractivity contribution in [3.05, 3.63) is 35.4 Å². The predicted molar refractivity (Wildman–Crippen MR) is 50.2 cm³/mol. The molecule has 0 spiro atoms. The predicted octanol–water partition coefficient (Wildman–Crippen LogP) is -1.18. The van der Waals surface area contributed by atoms with Crippen LogP contribution >= 0.6 is 0 Å². The zero-order valence-corrected chi connectivity index (χ0v) is 11.5. The summed E-state index contributed by atoms with van der Waals surface area (Å²) in [6, 6.07) is 4.58. The van der Waals surface area contributed by atoms with Crippen LogP contribution in [0.1, 0.15) is 18.3 Å². The molecule has 0 atom stereocenters. The fourth-order valence-electron chi connectivity index (χ4n) is 1.27. The van der Waals surface area contributed by atoms with Crippen LogP contribution < -0.4 is 17.0 Å². The molecule has 0 aliphatic carbocycles. The van der Waals surface area contributed by atoms with Crippen LogP contribution in [-0.2, 0) is 9.47 Å². The third-order valence-electron chi connectivity index (χ3n) is 1.96. The van der Waals surface area contributed by atoms with Gasteiger partial charge in [-0.1, -0.05) is 0 Å². The van der Waals surface area contributed by atoms with Crippen molar-refractivity contribution in [3.8, 4) is 0 Å². The number of hydrogen-bond acceptors (Lipinski definition) is 2. The van der Waals surface area contributed by atoms with E-state index in [9.17, 15) is 8.78 Å². The molecule has 84 valence electrons. The maximum absolute atomic E-state index is 12.8. The van der Waals surface area contributed by atoms with Gasteiger partial charge in [0.1, 0.15) is 0 Å². The number of rotatable bonds is 1. The molecule has 0 amide bonds. The fourth-order valence-corrected chi connectivity index (χ4v) is 1.27. The fraction of sp³-hybridized carbons (Fsp3) is 0.400. The summed E-state index contributed by atoms with van der Waals surface area (Å²) in [7, 11) is 0. The molecule has 1 aliphatic rings. The van der Waals surface area contributed by atoms with E-state index in [2.05, 4.69) is 6.07 Å². The Balaban J connectivity index is 0.00000112. The van der Waals surface area contributed by atoms with Gasteiger partial charge in [0.15, 0.2) is 6.29 Å². The van der Waals surface area contributed by atoms with Crippen molar-refractivity contribution in [2.45, 2.75) is 12.7 Å². The molecule has 2 nitrogen and oxygen atoms in total. The summed E-state index contributed by atoms with van der Waals surface area (Å²) in [6.45, 7) is 1.13. The van der Waals surface area contributed by atoms with Crippen molar-refractivity contribution >= 4 is 23.1 Å². The van der Waals surface area contributed by atoms with Gasteiger partial charge >= 0.3 is 23.1 Å². The quantitative estimate of drug-likeness (QED) is 0.481. The van der Waals surface area contributed by atoms with Crippen LogP contribution in [0.5, 0.6) is 0 Å². The topological polar surface area (TPSA) is 18.5 Å². The van der Waals surface area contributed by atoms with Crippen molar-refractivity contribution in [1.82, 2.24) is 0 Å². The smallest absolute Gasteiger partial charge is 1.00 e. The number of ether oxygens (including phenoxy) is 2. The average Bonchev–Trinajstić information content (AvgIpc) is 2.23. The van der Waals surface area contributed by atoms with Crippen molar-refractivity contribution < 1.29 is 35.2 Å². The molecule has 1 saturated heterocycles. The summed E-state index contributed by atoms with van der Waals surface area (Å²) >= 11 is 0. The van der Waals surface area contributed by atoms with Crippen molar-refractivity contribution in [2.75, 3.05) is 13.2 Å². The van der Waals surface area contributed by atoms with Gasteiger partial charge in [-0.3, -0.25) is 4.39 Å². The molecular weight excluding hydrogens is 294 g/mol. The van der Waals surface area contributed by atoms with Crippen molar-refractivity contribution in [1.29, 1.82) is 0 Å². The summed E-state index contributed by atoms with van der Waals surface area (Å²) in [5.74, 6) is -1.82. The van der Waals surface area contributed by atoms with Gasteiger partial charge in [-0.25, -0.2) is 4.39 Å². The third kappa shape index (κ3) is 3.92. The first kappa shape index (κ1) is 16.2. The van der Waals surface area contributed by atoms with E-state index in [0.717, 1.165) is 18.6 Å². The van der Waals surface area contributed by atoms with Gasteiger partial charge in [-0.05, 0) is 6.42 Å². The van der Waals surface area contributed by atoms with Crippen LogP contribution in [0.4, 0.5) is 8.78 Å². The Morgan fingerprint density at radius 2 is 1.81 bits per heavy atom. The van der Waals surface area contributed by atoms with Crippen LogP contribution in [0, 0.1) is 17.7 Å². The zero-order valence-electron chi connectivity index (χ0n) is 8.51. The maximum Gasteiger partial charge on any atom is 2.00 e. The van der Waals surface area contributed by atoms with Crippen molar-refractivity contribution in [2.24, 2.45) is 0 Å². The van der Waals surface area contributed by atoms with E-state index in [-0.39, 0.29) is 40.0 Å². The van der Waals surface area contributed by atoms with Crippen LogP contribution in [-0.4, -0.2) is 36.3 Å². The van der Waals surface area contributed by atoms with Crippen LogP contribution in [0.3, 0.4) is 0 Å². The SMILES string of the molecule is Fc1c[c-]c(C2OCCCO2)cc1F.[Br-].[Mg+2]. The average molecular weight is 303 g/mol. The molecular formula is C10H9BrF2MgO2. The first-order valence-corrected chi connectivity index (χ1v) is 4.37.